The molecule has 0 radical (unpaired) electrons. The molecule has 0 bridgehead atoms. The summed E-state index contributed by atoms with van der Waals surface area (Å²) in [6.45, 7) is 4.35. The van der Waals surface area contributed by atoms with Crippen LogP contribution in [0.4, 0.5) is 0 Å². The molecule has 8 heteroatoms. The van der Waals surface area contributed by atoms with Crippen molar-refractivity contribution in [2.75, 3.05) is 6.61 Å². The van der Waals surface area contributed by atoms with E-state index in [1.165, 1.54) is 9.44 Å². The fourth-order valence-corrected chi connectivity index (χ4v) is 4.30. The van der Waals surface area contributed by atoms with E-state index in [1.54, 1.807) is 35.6 Å². The molecule has 1 aromatic carbocycles. The molecule has 0 N–H and O–H groups in total. The Labute approximate surface area is 182 Å². The summed E-state index contributed by atoms with van der Waals surface area (Å²) < 4.78 is 13.8. The number of aromatic nitrogens is 2. The molecular weight excluding hydrogens is 416 g/mol. The number of fused-ring (bicyclic) bond motifs is 1. The third kappa shape index (κ3) is 4.39. The first-order valence-electron chi connectivity index (χ1n) is 9.90. The van der Waals surface area contributed by atoms with Crippen LogP contribution in [0, 0.1) is 13.8 Å². The summed E-state index contributed by atoms with van der Waals surface area (Å²) >= 11 is 1.67. The minimum Gasteiger partial charge on any atom is -0.457 e. The van der Waals surface area contributed by atoms with Crippen LogP contribution in [-0.4, -0.2) is 27.5 Å². The number of hydrogen-bond donors (Lipinski definition) is 0. The fourth-order valence-electron chi connectivity index (χ4n) is 3.61. The highest BCUT2D eigenvalue weighted by atomic mass is 32.1. The van der Waals surface area contributed by atoms with Gasteiger partial charge in [-0.15, -0.1) is 11.3 Å². The Balaban J connectivity index is 1.36. The van der Waals surface area contributed by atoms with Gasteiger partial charge in [0.25, 0.3) is 0 Å². The van der Waals surface area contributed by atoms with Gasteiger partial charge in [-0.3, -0.25) is 14.2 Å². The summed E-state index contributed by atoms with van der Waals surface area (Å²) in [5, 5.41) is 2.02. The van der Waals surface area contributed by atoms with Crippen molar-refractivity contribution in [2.24, 2.45) is 0 Å². The minimum atomic E-state index is -0.544. The highest BCUT2D eigenvalue weighted by Gasteiger charge is 2.18. The number of ketones is 1. The molecule has 4 rings (SSSR count). The normalized spacial score (nSPS) is 11.2. The zero-order valence-corrected chi connectivity index (χ0v) is 18.1. The Kier molecular flexibility index (Phi) is 5.90. The number of oxazole rings is 1. The molecular formula is C23H22N2O5S. The van der Waals surface area contributed by atoms with Gasteiger partial charge in [0.15, 0.2) is 12.2 Å². The van der Waals surface area contributed by atoms with Crippen molar-refractivity contribution < 1.29 is 18.7 Å². The number of esters is 1. The number of para-hydroxylation sites is 2. The van der Waals surface area contributed by atoms with E-state index in [2.05, 4.69) is 10.6 Å². The Morgan fingerprint density at radius 1 is 1.10 bits per heavy atom. The molecule has 0 unspecified atom stereocenters. The molecule has 0 atom stereocenters. The van der Waals surface area contributed by atoms with Crippen LogP contribution in [0.3, 0.4) is 0 Å². The van der Waals surface area contributed by atoms with Gasteiger partial charge >= 0.3 is 11.7 Å². The Morgan fingerprint density at radius 3 is 2.68 bits per heavy atom. The van der Waals surface area contributed by atoms with Crippen molar-refractivity contribution in [2.45, 2.75) is 33.4 Å². The minimum absolute atomic E-state index is 0.0336. The molecule has 0 saturated heterocycles. The van der Waals surface area contributed by atoms with Crippen molar-refractivity contribution in [3.63, 3.8) is 0 Å². The van der Waals surface area contributed by atoms with Crippen molar-refractivity contribution in [1.29, 1.82) is 0 Å². The maximum absolute atomic E-state index is 12.6. The average molecular weight is 439 g/mol. The SMILES string of the molecule is Cc1cc(C(=O)COC(=O)CCn2c(=O)oc3ccccc32)c(C)n1Cc1cccs1. The van der Waals surface area contributed by atoms with Gasteiger partial charge in [-0.05, 0) is 43.5 Å². The van der Waals surface area contributed by atoms with Gasteiger partial charge in [-0.25, -0.2) is 4.79 Å². The van der Waals surface area contributed by atoms with E-state index in [-0.39, 0.29) is 25.4 Å². The van der Waals surface area contributed by atoms with Crippen molar-refractivity contribution in [3.8, 4) is 0 Å². The predicted octanol–water partition coefficient (Wildman–Crippen LogP) is 3.94. The van der Waals surface area contributed by atoms with Gasteiger partial charge in [0.05, 0.1) is 18.5 Å². The molecule has 0 amide bonds. The van der Waals surface area contributed by atoms with E-state index in [1.807, 2.05) is 31.4 Å². The first kappa shape index (κ1) is 20.9. The van der Waals surface area contributed by atoms with Crippen LogP contribution in [0.2, 0.25) is 0 Å². The number of aryl methyl sites for hydroxylation is 2. The number of thiophene rings is 1. The zero-order chi connectivity index (χ0) is 22.0. The van der Waals surface area contributed by atoms with Crippen LogP contribution in [0.15, 0.2) is 57.1 Å². The number of nitrogens with zero attached hydrogens (tertiary/aromatic N) is 2. The number of rotatable bonds is 8. The lowest BCUT2D eigenvalue weighted by atomic mass is 10.1. The quantitative estimate of drug-likeness (QED) is 0.307. The van der Waals surface area contributed by atoms with Gasteiger partial charge in [-0.1, -0.05) is 18.2 Å². The molecule has 7 nitrogen and oxygen atoms in total. The second kappa shape index (κ2) is 8.77. The van der Waals surface area contributed by atoms with Crippen LogP contribution in [-0.2, 0) is 22.6 Å². The number of benzene rings is 1. The molecule has 0 aliphatic heterocycles. The highest BCUT2D eigenvalue weighted by molar-refractivity contribution is 7.09. The zero-order valence-electron chi connectivity index (χ0n) is 17.3. The van der Waals surface area contributed by atoms with Gasteiger partial charge in [-0.2, -0.15) is 0 Å². The maximum Gasteiger partial charge on any atom is 0.419 e. The number of ether oxygens (including phenoxy) is 1. The molecule has 3 heterocycles. The highest BCUT2D eigenvalue weighted by Crippen LogP contribution is 2.20. The van der Waals surface area contributed by atoms with Gasteiger partial charge in [0.2, 0.25) is 5.78 Å². The molecule has 0 saturated carbocycles. The lowest BCUT2D eigenvalue weighted by molar-refractivity contribution is -0.142. The number of carbonyl (C=O) groups is 2. The summed E-state index contributed by atoms with van der Waals surface area (Å²) in [6, 6.07) is 12.9. The third-order valence-corrected chi connectivity index (χ3v) is 6.11. The molecule has 0 aliphatic carbocycles. The van der Waals surface area contributed by atoms with E-state index in [0.717, 1.165) is 11.4 Å². The Hall–Kier alpha value is -3.39. The van der Waals surface area contributed by atoms with E-state index in [4.69, 9.17) is 9.15 Å². The monoisotopic (exact) mass is 438 g/mol. The van der Waals surface area contributed by atoms with Crippen molar-refractivity contribution in [3.05, 3.63) is 80.2 Å². The number of Topliss-reactive ketones (excluding diaryl/α,β-unsaturated/α-hetero) is 1. The number of carbonyl (C=O) groups excluding carboxylic acids is 2. The van der Waals surface area contributed by atoms with Crippen LogP contribution in [0.1, 0.15) is 33.0 Å². The molecule has 0 spiro atoms. The lowest BCUT2D eigenvalue weighted by Crippen LogP contribution is -2.19. The van der Waals surface area contributed by atoms with Gasteiger partial charge in [0.1, 0.15) is 0 Å². The standard InChI is InChI=1S/C23H22N2O5S/c1-15-12-18(16(2)25(15)13-17-6-5-11-31-17)20(26)14-29-22(27)9-10-24-19-7-3-4-8-21(19)30-23(24)28/h3-8,11-12H,9-10,13-14H2,1-2H3. The van der Waals surface area contributed by atoms with E-state index in [0.29, 0.717) is 23.2 Å². The smallest absolute Gasteiger partial charge is 0.419 e. The summed E-state index contributed by atoms with van der Waals surface area (Å²) in [5.41, 5.74) is 3.47. The number of hydrogen-bond acceptors (Lipinski definition) is 6. The molecule has 0 aliphatic rings. The predicted molar refractivity (Wildman–Crippen MR) is 118 cm³/mol. The van der Waals surface area contributed by atoms with E-state index in [9.17, 15) is 14.4 Å². The van der Waals surface area contributed by atoms with Crippen molar-refractivity contribution in [1.82, 2.24) is 9.13 Å². The fraction of sp³-hybridized carbons (Fsp3) is 0.261. The summed E-state index contributed by atoms with van der Waals surface area (Å²) in [7, 11) is 0. The topological polar surface area (TPSA) is 83.4 Å². The van der Waals surface area contributed by atoms with Gasteiger partial charge < -0.3 is 13.7 Å². The lowest BCUT2D eigenvalue weighted by Gasteiger charge is -2.08. The first-order chi connectivity index (χ1) is 14.9. The van der Waals surface area contributed by atoms with Gasteiger partial charge in [0, 0.05) is 28.4 Å². The third-order valence-electron chi connectivity index (χ3n) is 5.25. The van der Waals surface area contributed by atoms with Crippen LogP contribution < -0.4 is 5.76 Å². The molecule has 31 heavy (non-hydrogen) atoms. The van der Waals surface area contributed by atoms with Crippen molar-refractivity contribution >= 4 is 34.2 Å². The summed E-state index contributed by atoms with van der Waals surface area (Å²) in [5.74, 6) is -1.31. The maximum atomic E-state index is 12.6. The van der Waals surface area contributed by atoms with Crippen LogP contribution >= 0.6 is 11.3 Å². The molecule has 4 aromatic rings. The molecule has 0 fully saturated rings. The Morgan fingerprint density at radius 2 is 1.90 bits per heavy atom. The molecule has 160 valence electrons. The van der Waals surface area contributed by atoms with E-state index >= 15 is 0 Å². The second-order valence-electron chi connectivity index (χ2n) is 7.27. The largest absolute Gasteiger partial charge is 0.457 e. The summed E-state index contributed by atoms with van der Waals surface area (Å²) in [4.78, 5) is 38.0. The molecule has 3 aromatic heterocycles. The first-order valence-corrected chi connectivity index (χ1v) is 10.8. The van der Waals surface area contributed by atoms with E-state index < -0.39 is 11.7 Å². The average Bonchev–Trinajstić information content (AvgIpc) is 3.45. The Bertz CT molecular complexity index is 1290. The van der Waals surface area contributed by atoms with Crippen LogP contribution in [0.25, 0.3) is 11.1 Å². The van der Waals surface area contributed by atoms with Crippen LogP contribution in [0.5, 0.6) is 0 Å². The summed E-state index contributed by atoms with van der Waals surface area (Å²) in [6.07, 6.45) is -0.0336. The second-order valence-corrected chi connectivity index (χ2v) is 8.30.